The molecule has 120 valence electrons. The highest BCUT2D eigenvalue weighted by molar-refractivity contribution is 5.29. The van der Waals surface area contributed by atoms with Crippen LogP contribution < -0.4 is 0 Å². The summed E-state index contributed by atoms with van der Waals surface area (Å²) < 4.78 is 18.1. The third-order valence-electron chi connectivity index (χ3n) is 5.01. The number of hydrogen-bond donors (Lipinski definition) is 0. The van der Waals surface area contributed by atoms with Gasteiger partial charge in [0.15, 0.2) is 0 Å². The molecule has 2 aliphatic rings. The van der Waals surface area contributed by atoms with E-state index in [-0.39, 0.29) is 12.2 Å². The molecule has 0 aliphatic carbocycles. The second kappa shape index (κ2) is 5.45. The minimum Gasteiger partial charge on any atom is -0.370 e. The van der Waals surface area contributed by atoms with E-state index in [1.165, 1.54) is 0 Å². The van der Waals surface area contributed by atoms with Gasteiger partial charge in [0.25, 0.3) is 0 Å². The number of epoxide rings is 2. The smallest absolute Gasteiger partial charge is 0.120 e. The van der Waals surface area contributed by atoms with Crippen molar-refractivity contribution in [3.63, 3.8) is 0 Å². The summed E-state index contributed by atoms with van der Waals surface area (Å²) in [5, 5.41) is 0. The molecule has 4 rings (SSSR count). The van der Waals surface area contributed by atoms with Crippen LogP contribution in [-0.2, 0) is 25.4 Å². The molecular formula is C20H22O3. The number of hydrogen-bond acceptors (Lipinski definition) is 3. The molecule has 3 nitrogen and oxygen atoms in total. The van der Waals surface area contributed by atoms with Gasteiger partial charge < -0.3 is 14.2 Å². The number of ether oxygens (including phenoxy) is 3. The van der Waals surface area contributed by atoms with Gasteiger partial charge in [-0.25, -0.2) is 0 Å². The van der Waals surface area contributed by atoms with Gasteiger partial charge in [0.05, 0.1) is 13.2 Å². The van der Waals surface area contributed by atoms with Crippen LogP contribution in [0.5, 0.6) is 0 Å². The Kier molecular flexibility index (Phi) is 3.52. The Morgan fingerprint density at radius 2 is 1.09 bits per heavy atom. The van der Waals surface area contributed by atoms with E-state index in [2.05, 4.69) is 38.1 Å². The summed E-state index contributed by atoms with van der Waals surface area (Å²) in [5.74, 6) is 0. The van der Waals surface area contributed by atoms with Crippen molar-refractivity contribution in [1.29, 1.82) is 0 Å². The minimum absolute atomic E-state index is 0.0895. The van der Waals surface area contributed by atoms with Crippen LogP contribution in [0, 0.1) is 0 Å². The van der Waals surface area contributed by atoms with E-state index >= 15 is 0 Å². The van der Waals surface area contributed by atoms with Crippen molar-refractivity contribution in [3.05, 3.63) is 71.8 Å². The Balaban J connectivity index is 1.73. The summed E-state index contributed by atoms with van der Waals surface area (Å²) in [6.07, 6.45) is 0.179. The normalized spacial score (nSPS) is 27.7. The highest BCUT2D eigenvalue weighted by atomic mass is 16.6. The van der Waals surface area contributed by atoms with Gasteiger partial charge >= 0.3 is 0 Å². The second-order valence-corrected chi connectivity index (χ2v) is 6.69. The van der Waals surface area contributed by atoms with Crippen LogP contribution in [0.15, 0.2) is 60.7 Å². The van der Waals surface area contributed by atoms with Gasteiger partial charge in [0.2, 0.25) is 0 Å². The van der Waals surface area contributed by atoms with E-state index in [0.717, 1.165) is 24.3 Å². The summed E-state index contributed by atoms with van der Waals surface area (Å²) >= 11 is 0. The minimum atomic E-state index is -0.488. The highest BCUT2D eigenvalue weighted by Gasteiger charge is 2.54. The van der Waals surface area contributed by atoms with E-state index in [1.54, 1.807) is 0 Å². The molecule has 2 aliphatic heterocycles. The van der Waals surface area contributed by atoms with Crippen LogP contribution in [0.4, 0.5) is 0 Å². The van der Waals surface area contributed by atoms with Gasteiger partial charge in [-0.1, -0.05) is 60.7 Å². The van der Waals surface area contributed by atoms with Gasteiger partial charge in [-0.15, -0.1) is 0 Å². The number of rotatable bonds is 6. The summed E-state index contributed by atoms with van der Waals surface area (Å²) in [6, 6.07) is 20.7. The second-order valence-electron chi connectivity index (χ2n) is 6.69. The molecular weight excluding hydrogens is 288 g/mol. The Bertz CT molecular complexity index is 604. The molecule has 2 fully saturated rings. The van der Waals surface area contributed by atoms with Crippen molar-refractivity contribution in [3.8, 4) is 0 Å². The first kappa shape index (κ1) is 14.9. The summed E-state index contributed by atoms with van der Waals surface area (Å²) in [6.45, 7) is 5.73. The predicted molar refractivity (Wildman–Crippen MR) is 88.2 cm³/mol. The molecule has 0 bridgehead atoms. The topological polar surface area (TPSA) is 34.3 Å². The van der Waals surface area contributed by atoms with Crippen molar-refractivity contribution < 1.29 is 14.2 Å². The summed E-state index contributed by atoms with van der Waals surface area (Å²) in [7, 11) is 0. The molecule has 0 radical (unpaired) electrons. The van der Waals surface area contributed by atoms with Gasteiger partial charge in [-0.05, 0) is 25.0 Å². The largest absolute Gasteiger partial charge is 0.370 e. The molecule has 2 heterocycles. The van der Waals surface area contributed by atoms with Crippen molar-refractivity contribution >= 4 is 0 Å². The van der Waals surface area contributed by atoms with E-state index < -0.39 is 11.2 Å². The first-order chi connectivity index (χ1) is 11.1. The van der Waals surface area contributed by atoms with Crippen LogP contribution in [0.1, 0.15) is 25.0 Å². The molecule has 0 N–H and O–H groups in total. The lowest BCUT2D eigenvalue weighted by Gasteiger charge is -2.40. The first-order valence-corrected chi connectivity index (χ1v) is 8.17. The lowest BCUT2D eigenvalue weighted by atomic mass is 9.87. The van der Waals surface area contributed by atoms with Crippen molar-refractivity contribution in [2.45, 2.75) is 37.3 Å². The fourth-order valence-electron chi connectivity index (χ4n) is 3.33. The zero-order chi connectivity index (χ0) is 15.9. The molecule has 2 saturated heterocycles. The van der Waals surface area contributed by atoms with Gasteiger partial charge in [0, 0.05) is 0 Å². The summed E-state index contributed by atoms with van der Waals surface area (Å²) in [4.78, 5) is 0. The average Bonchev–Trinajstić information content (AvgIpc) is 3.48. The van der Waals surface area contributed by atoms with Gasteiger partial charge in [0.1, 0.15) is 23.4 Å². The first-order valence-electron chi connectivity index (χ1n) is 8.17. The van der Waals surface area contributed by atoms with Crippen molar-refractivity contribution in [2.75, 3.05) is 13.2 Å². The van der Waals surface area contributed by atoms with E-state index in [9.17, 15) is 0 Å². The molecule has 0 spiro atoms. The van der Waals surface area contributed by atoms with Crippen molar-refractivity contribution in [2.24, 2.45) is 0 Å². The predicted octanol–water partition coefficient (Wildman–Crippen LogP) is 3.63. The zero-order valence-corrected chi connectivity index (χ0v) is 13.6. The average molecular weight is 310 g/mol. The van der Waals surface area contributed by atoms with Crippen LogP contribution in [0.25, 0.3) is 0 Å². The Morgan fingerprint density at radius 3 is 1.39 bits per heavy atom. The maximum atomic E-state index is 6.80. The van der Waals surface area contributed by atoms with Crippen LogP contribution >= 0.6 is 0 Å². The molecule has 4 unspecified atom stereocenters. The quantitative estimate of drug-likeness (QED) is 0.764. The number of benzene rings is 2. The maximum absolute atomic E-state index is 6.80. The zero-order valence-electron chi connectivity index (χ0n) is 13.6. The molecule has 0 amide bonds. The highest BCUT2D eigenvalue weighted by Crippen LogP contribution is 2.47. The van der Waals surface area contributed by atoms with Crippen LogP contribution in [0.2, 0.25) is 0 Å². The molecule has 0 aromatic heterocycles. The molecule has 2 aromatic rings. The van der Waals surface area contributed by atoms with E-state index in [0.29, 0.717) is 0 Å². The summed E-state index contributed by atoms with van der Waals surface area (Å²) in [5.41, 5.74) is 1.31. The molecule has 3 heteroatoms. The Morgan fingerprint density at radius 1 is 0.739 bits per heavy atom. The van der Waals surface area contributed by atoms with Gasteiger partial charge in [-0.3, -0.25) is 0 Å². The van der Waals surface area contributed by atoms with Crippen molar-refractivity contribution in [1.82, 2.24) is 0 Å². The van der Waals surface area contributed by atoms with E-state index in [4.69, 9.17) is 14.2 Å². The fourth-order valence-corrected chi connectivity index (χ4v) is 3.33. The lowest BCUT2D eigenvalue weighted by Crippen LogP contribution is -2.44. The standard InChI is InChI=1S/C20H22O3/c1-19(17-13-21-17,15-9-5-3-6-10-15)23-20(2,18-14-22-18)16-11-7-4-8-12-16/h3-12,17-18H,13-14H2,1-2H3. The Labute approximate surface area is 137 Å². The third kappa shape index (κ3) is 2.69. The molecule has 2 aromatic carbocycles. The fraction of sp³-hybridized carbons (Fsp3) is 0.400. The van der Waals surface area contributed by atoms with Crippen LogP contribution in [0.3, 0.4) is 0 Å². The molecule has 23 heavy (non-hydrogen) atoms. The molecule has 0 saturated carbocycles. The monoisotopic (exact) mass is 310 g/mol. The third-order valence-corrected chi connectivity index (χ3v) is 5.01. The molecule has 4 atom stereocenters. The van der Waals surface area contributed by atoms with Crippen LogP contribution in [-0.4, -0.2) is 25.4 Å². The maximum Gasteiger partial charge on any atom is 0.120 e. The van der Waals surface area contributed by atoms with Gasteiger partial charge in [-0.2, -0.15) is 0 Å². The Hall–Kier alpha value is -1.68. The van der Waals surface area contributed by atoms with E-state index in [1.807, 2.05) is 36.4 Å². The SMILES string of the molecule is CC(OC(C)(c1ccccc1)C1CO1)(c1ccccc1)C1CO1. The lowest BCUT2D eigenvalue weighted by molar-refractivity contribution is -0.171.